The zero-order valence-corrected chi connectivity index (χ0v) is 30.8. The number of halogens is 1. The normalized spacial score (nSPS) is 17.4. The summed E-state index contributed by atoms with van der Waals surface area (Å²) >= 11 is -0.798. The number of fused-ring (bicyclic) bond motifs is 6. The first-order valence-corrected chi connectivity index (χ1v) is 18.9. The molecule has 260 valence electrons. The van der Waals surface area contributed by atoms with Gasteiger partial charge in [0.1, 0.15) is 0 Å². The van der Waals surface area contributed by atoms with Crippen molar-refractivity contribution in [3.63, 3.8) is 0 Å². The summed E-state index contributed by atoms with van der Waals surface area (Å²) in [6, 6.07) is 10.5. The summed E-state index contributed by atoms with van der Waals surface area (Å²) in [5.74, 6) is 3.52. The molecule has 0 unspecified atom stereocenters. The third-order valence-electron chi connectivity index (χ3n) is 9.78. The zero-order chi connectivity index (χ0) is 33.0. The molecule has 3 aromatic carbocycles. The molecule has 3 aliphatic rings. The van der Waals surface area contributed by atoms with Gasteiger partial charge in [-0.25, -0.2) is 0 Å². The zero-order valence-electron chi connectivity index (χ0n) is 28.6. The number of likely N-dealkylation sites (N-methyl/N-ethyl adjacent to an activating group) is 1. The molecular weight excluding hydrogens is 723 g/mol. The first-order chi connectivity index (χ1) is 23.5. The predicted octanol–water partition coefficient (Wildman–Crippen LogP) is 1.70. The van der Waals surface area contributed by atoms with Gasteiger partial charge in [0.2, 0.25) is 0 Å². The van der Waals surface area contributed by atoms with Crippen LogP contribution in [0.25, 0.3) is 32.4 Å². The van der Waals surface area contributed by atoms with Crippen molar-refractivity contribution in [3.8, 4) is 28.9 Å². The maximum absolute atomic E-state index is 6.51. The van der Waals surface area contributed by atoms with E-state index in [2.05, 4.69) is 63.3 Å². The van der Waals surface area contributed by atoms with E-state index in [1.165, 1.54) is 12.8 Å². The number of hydrogen-bond donors (Lipinski definition) is 1. The van der Waals surface area contributed by atoms with Crippen LogP contribution < -0.4 is 47.7 Å². The van der Waals surface area contributed by atoms with Gasteiger partial charge in [0, 0.05) is 26.2 Å². The molecule has 0 bridgehead atoms. The van der Waals surface area contributed by atoms with Crippen molar-refractivity contribution >= 4 is 38.1 Å². The van der Waals surface area contributed by atoms with Gasteiger partial charge >= 0.3 is 233 Å². The Bertz CT molecular complexity index is 1740. The van der Waals surface area contributed by atoms with Gasteiger partial charge < -0.3 is 4.90 Å². The molecular formula is C36H48IN6O5-. The Morgan fingerprint density at radius 3 is 2.17 bits per heavy atom. The van der Waals surface area contributed by atoms with Crippen molar-refractivity contribution in [2.45, 2.75) is 19.3 Å². The Hall–Kier alpha value is -3.04. The third-order valence-corrected chi connectivity index (χ3v) is 11.1. The quantitative estimate of drug-likeness (QED) is 0.116. The summed E-state index contributed by atoms with van der Waals surface area (Å²) in [4.78, 5) is 15.2. The summed E-state index contributed by atoms with van der Waals surface area (Å²) in [5, 5.41) is 8.84. The Labute approximate surface area is 294 Å². The number of pyridine rings is 1. The van der Waals surface area contributed by atoms with Crippen LogP contribution in [0.1, 0.15) is 19.3 Å². The van der Waals surface area contributed by atoms with Crippen LogP contribution >= 0.6 is 0 Å². The summed E-state index contributed by atoms with van der Waals surface area (Å²) in [7, 11) is 7.64. The number of aromatic nitrogens is 1. The topological polar surface area (TPSA) is 84.0 Å². The minimum absolute atomic E-state index is 0.568. The van der Waals surface area contributed by atoms with E-state index in [1.54, 1.807) is 14.2 Å². The van der Waals surface area contributed by atoms with Crippen molar-refractivity contribution < 1.29 is 42.4 Å². The fraction of sp³-hybridized carbons (Fsp3) is 0.528. The number of hydrogen-bond acceptors (Lipinski definition) is 11. The summed E-state index contributed by atoms with van der Waals surface area (Å²) in [6.07, 6.45) is 3.55. The van der Waals surface area contributed by atoms with Crippen LogP contribution in [-0.4, -0.2) is 131 Å². The molecule has 7 rings (SSSR count). The van der Waals surface area contributed by atoms with E-state index in [0.717, 1.165) is 128 Å². The van der Waals surface area contributed by atoms with E-state index in [-0.39, 0.29) is 0 Å². The first-order valence-electron chi connectivity index (χ1n) is 17.2. The number of nitrogens with zero attached hydrogens (tertiary/aromatic N) is 5. The SMILES string of the molecule is COc1cc2c(OCCN3CCCC3)nc3c4cc5c(cc4cc(NCCCN4CCN(CCN(C)C)CC4)c3c2cc1OC)O[I-]O5. The van der Waals surface area contributed by atoms with E-state index >= 15 is 0 Å². The maximum atomic E-state index is 6.51. The molecule has 4 heterocycles. The number of anilines is 1. The average molecular weight is 772 g/mol. The number of ether oxygens (including phenoxy) is 3. The van der Waals surface area contributed by atoms with Crippen molar-refractivity contribution in [3.05, 3.63) is 30.3 Å². The molecule has 12 heteroatoms. The molecule has 0 aliphatic carbocycles. The third kappa shape index (κ3) is 7.28. The molecule has 4 aromatic rings. The van der Waals surface area contributed by atoms with Gasteiger partial charge in [-0.3, -0.25) is 4.90 Å². The van der Waals surface area contributed by atoms with Gasteiger partial charge in [-0.1, -0.05) is 0 Å². The fourth-order valence-corrected chi connectivity index (χ4v) is 8.20. The summed E-state index contributed by atoms with van der Waals surface area (Å²) in [5.41, 5.74) is 1.91. The molecule has 3 aliphatic heterocycles. The van der Waals surface area contributed by atoms with Crippen LogP contribution in [0.3, 0.4) is 0 Å². The Morgan fingerprint density at radius 1 is 0.792 bits per heavy atom. The number of rotatable bonds is 14. The van der Waals surface area contributed by atoms with Gasteiger partial charge in [0.05, 0.1) is 0 Å². The van der Waals surface area contributed by atoms with Gasteiger partial charge in [-0.2, -0.15) is 0 Å². The minimum atomic E-state index is -0.798. The van der Waals surface area contributed by atoms with Gasteiger partial charge in [-0.05, 0) is 26.9 Å². The second kappa shape index (κ2) is 15.2. The van der Waals surface area contributed by atoms with E-state index in [0.29, 0.717) is 24.0 Å². The van der Waals surface area contributed by atoms with Crippen LogP contribution in [0.4, 0.5) is 5.69 Å². The van der Waals surface area contributed by atoms with E-state index in [9.17, 15) is 0 Å². The molecule has 48 heavy (non-hydrogen) atoms. The molecule has 1 aromatic heterocycles. The van der Waals surface area contributed by atoms with Crippen LogP contribution in [0.2, 0.25) is 0 Å². The molecule has 1 N–H and O–H groups in total. The number of methoxy groups -OCH3 is 2. The Morgan fingerprint density at radius 2 is 1.46 bits per heavy atom. The molecule has 0 radical (unpaired) electrons. The fourth-order valence-electron chi connectivity index (χ4n) is 7.04. The van der Waals surface area contributed by atoms with Gasteiger partial charge in [0.15, 0.2) is 0 Å². The van der Waals surface area contributed by atoms with Crippen LogP contribution in [0.5, 0.6) is 28.9 Å². The van der Waals surface area contributed by atoms with E-state index in [1.807, 2.05) is 6.07 Å². The number of nitrogens with one attached hydrogen (secondary N) is 1. The number of likely N-dealkylation sites (tertiary alicyclic amines) is 1. The van der Waals surface area contributed by atoms with Crippen molar-refractivity contribution in [1.29, 1.82) is 0 Å². The van der Waals surface area contributed by atoms with Crippen molar-refractivity contribution in [2.24, 2.45) is 0 Å². The van der Waals surface area contributed by atoms with Crippen LogP contribution in [-0.2, 0) is 0 Å². The van der Waals surface area contributed by atoms with E-state index in [4.69, 9.17) is 25.3 Å². The Balaban J connectivity index is 1.20. The molecule has 2 fully saturated rings. The van der Waals surface area contributed by atoms with Crippen LogP contribution in [0.15, 0.2) is 30.3 Å². The standard InChI is InChI=1S/C36H48IN6O5/c1-40(2)12-13-43-16-14-42(15-17-43)11-7-8-38-29-20-25-21-32-33(48-37-47-32)22-26(25)35-34(29)27-23-30(44-3)31(45-4)24-28(27)36(39-35)46-19-18-41-9-5-6-10-41/h20-24,38H,5-19H2,1-4H3/q-1. The van der Waals surface area contributed by atoms with Gasteiger partial charge in [0.25, 0.3) is 0 Å². The number of piperazine rings is 1. The molecule has 0 spiro atoms. The monoisotopic (exact) mass is 771 g/mol. The van der Waals surface area contributed by atoms with Gasteiger partial charge in [-0.15, -0.1) is 0 Å². The molecule has 2 saturated heterocycles. The van der Waals surface area contributed by atoms with Crippen LogP contribution in [0, 0.1) is 0 Å². The average Bonchev–Trinajstić information content (AvgIpc) is 3.80. The van der Waals surface area contributed by atoms with E-state index < -0.39 is 22.0 Å². The van der Waals surface area contributed by atoms with Crippen molar-refractivity contribution in [2.75, 3.05) is 112 Å². The molecule has 0 atom stereocenters. The molecule has 0 saturated carbocycles. The molecule has 0 amide bonds. The number of benzene rings is 3. The first kappa shape index (κ1) is 33.5. The summed E-state index contributed by atoms with van der Waals surface area (Å²) in [6.45, 7) is 12.4. The second-order valence-electron chi connectivity index (χ2n) is 13.2. The van der Waals surface area contributed by atoms with Crippen molar-refractivity contribution in [1.82, 2.24) is 24.6 Å². The second-order valence-corrected chi connectivity index (χ2v) is 14.5. The molecule has 11 nitrogen and oxygen atoms in total. The summed E-state index contributed by atoms with van der Waals surface area (Å²) < 4.78 is 29.9. The Kier molecular flexibility index (Phi) is 10.6. The predicted molar refractivity (Wildman–Crippen MR) is 187 cm³/mol.